The van der Waals surface area contributed by atoms with Crippen molar-refractivity contribution in [1.29, 1.82) is 0 Å². The topological polar surface area (TPSA) is 161 Å². The number of aryl methyl sites for hydroxylation is 1. The number of carbonyl (C=O) groups excluding carboxylic acids is 3. The number of phenolic OH excluding ortho intramolecular Hbond substituents is 1. The smallest absolute Gasteiger partial charge is 0.270 e. The zero-order valence-corrected chi connectivity index (χ0v) is 21.9. The second-order valence-corrected chi connectivity index (χ2v) is 9.96. The molecule has 1 aliphatic heterocycles. The van der Waals surface area contributed by atoms with Crippen LogP contribution < -0.4 is 16.8 Å². The number of benzene rings is 2. The quantitative estimate of drug-likeness (QED) is 0.309. The molecule has 1 saturated heterocycles. The summed E-state index contributed by atoms with van der Waals surface area (Å²) in [7, 11) is 0. The average Bonchev–Trinajstić information content (AvgIpc) is 3.56. The van der Waals surface area contributed by atoms with Crippen LogP contribution in [0.2, 0.25) is 0 Å². The highest BCUT2D eigenvalue weighted by molar-refractivity contribution is 7.09. The Kier molecular flexibility index (Phi) is 8.59. The van der Waals surface area contributed by atoms with E-state index in [9.17, 15) is 19.5 Å². The first-order valence-electron chi connectivity index (χ1n) is 12.3. The fourth-order valence-electron chi connectivity index (χ4n) is 4.48. The summed E-state index contributed by atoms with van der Waals surface area (Å²) in [6, 6.07) is 12.9. The van der Waals surface area contributed by atoms with Crippen molar-refractivity contribution in [3.8, 4) is 5.75 Å². The van der Waals surface area contributed by atoms with Gasteiger partial charge >= 0.3 is 0 Å². The van der Waals surface area contributed by atoms with Crippen molar-refractivity contribution < 1.29 is 24.2 Å². The molecule has 0 aliphatic carbocycles. The van der Waals surface area contributed by atoms with E-state index in [1.165, 1.54) is 17.0 Å². The summed E-state index contributed by atoms with van der Waals surface area (Å²) in [5.74, 6) is -1.76. The van der Waals surface area contributed by atoms with Crippen molar-refractivity contribution in [2.75, 3.05) is 25.4 Å². The lowest BCUT2D eigenvalue weighted by Crippen LogP contribution is -2.46. The van der Waals surface area contributed by atoms with Crippen LogP contribution in [0.25, 0.3) is 0 Å². The first-order chi connectivity index (χ1) is 18.3. The van der Waals surface area contributed by atoms with Crippen molar-refractivity contribution in [3.05, 3.63) is 75.8 Å². The van der Waals surface area contributed by atoms with Crippen LogP contribution in [-0.2, 0) is 16.0 Å². The van der Waals surface area contributed by atoms with E-state index >= 15 is 0 Å². The van der Waals surface area contributed by atoms with Gasteiger partial charge in [-0.05, 0) is 66.5 Å². The van der Waals surface area contributed by atoms with E-state index in [0.29, 0.717) is 25.1 Å². The van der Waals surface area contributed by atoms with Crippen molar-refractivity contribution in [2.24, 2.45) is 5.73 Å². The number of aromatic nitrogens is 1. The molecule has 2 unspecified atom stereocenters. The van der Waals surface area contributed by atoms with Gasteiger partial charge in [0, 0.05) is 19.7 Å². The Morgan fingerprint density at radius 1 is 1.21 bits per heavy atom. The van der Waals surface area contributed by atoms with Crippen LogP contribution in [0.15, 0.2) is 48.5 Å². The maximum absolute atomic E-state index is 14.0. The lowest BCUT2D eigenvalue weighted by atomic mass is 10.0. The monoisotopic (exact) mass is 537 g/mol. The van der Waals surface area contributed by atoms with Crippen molar-refractivity contribution >= 4 is 34.9 Å². The SMILES string of the molecule is Cc1ccccc1CCN(C(=O)c1snc(C(N)=O)c1N)C(C(=O)NCC1CCCO1)c1ccc(O)cc1. The van der Waals surface area contributed by atoms with Crippen LogP contribution in [0.3, 0.4) is 0 Å². The second-order valence-electron chi connectivity index (χ2n) is 9.19. The zero-order chi connectivity index (χ0) is 27.2. The number of ether oxygens (including phenoxy) is 1. The van der Waals surface area contributed by atoms with Crippen molar-refractivity contribution in [1.82, 2.24) is 14.6 Å². The normalized spacial score (nSPS) is 15.7. The van der Waals surface area contributed by atoms with Crippen LogP contribution in [-0.4, -0.2) is 57.9 Å². The third kappa shape index (κ3) is 6.12. The zero-order valence-electron chi connectivity index (χ0n) is 21.1. The minimum Gasteiger partial charge on any atom is -0.508 e. The number of nitrogens with zero attached hydrogens (tertiary/aromatic N) is 2. The third-order valence-corrected chi connectivity index (χ3v) is 7.45. The maximum atomic E-state index is 14.0. The van der Waals surface area contributed by atoms with E-state index in [0.717, 1.165) is 35.5 Å². The summed E-state index contributed by atoms with van der Waals surface area (Å²) < 4.78 is 9.62. The highest BCUT2D eigenvalue weighted by atomic mass is 32.1. The Morgan fingerprint density at radius 2 is 1.95 bits per heavy atom. The van der Waals surface area contributed by atoms with Crippen LogP contribution >= 0.6 is 11.5 Å². The summed E-state index contributed by atoms with van der Waals surface area (Å²) in [5.41, 5.74) is 13.8. The first kappa shape index (κ1) is 27.1. The third-order valence-electron chi connectivity index (χ3n) is 6.60. The molecule has 2 aromatic carbocycles. The number of hydrogen-bond acceptors (Lipinski definition) is 8. The number of anilines is 1. The molecular weight excluding hydrogens is 506 g/mol. The molecule has 2 atom stereocenters. The van der Waals surface area contributed by atoms with Crippen LogP contribution in [0.1, 0.15) is 55.7 Å². The second kappa shape index (κ2) is 12.1. The Balaban J connectivity index is 1.72. The fourth-order valence-corrected chi connectivity index (χ4v) is 5.25. The summed E-state index contributed by atoms with van der Waals surface area (Å²) in [4.78, 5) is 40.9. The molecule has 0 bridgehead atoms. The van der Waals surface area contributed by atoms with E-state index in [-0.39, 0.29) is 34.7 Å². The molecule has 0 spiro atoms. The van der Waals surface area contributed by atoms with Gasteiger partial charge in [0.25, 0.3) is 11.8 Å². The molecule has 11 heteroatoms. The molecule has 10 nitrogen and oxygen atoms in total. The van der Waals surface area contributed by atoms with Crippen molar-refractivity contribution in [2.45, 2.75) is 38.3 Å². The Bertz CT molecular complexity index is 1300. The molecule has 3 amide bonds. The number of aromatic hydroxyl groups is 1. The molecule has 2 heterocycles. The predicted molar refractivity (Wildman–Crippen MR) is 144 cm³/mol. The maximum Gasteiger partial charge on any atom is 0.270 e. The van der Waals surface area contributed by atoms with Gasteiger partial charge in [0.05, 0.1) is 11.8 Å². The van der Waals surface area contributed by atoms with E-state index in [2.05, 4.69) is 9.69 Å². The lowest BCUT2D eigenvalue weighted by molar-refractivity contribution is -0.126. The molecule has 6 N–H and O–H groups in total. The summed E-state index contributed by atoms with van der Waals surface area (Å²) in [6.07, 6.45) is 2.14. The molecule has 200 valence electrons. The molecule has 38 heavy (non-hydrogen) atoms. The molecule has 0 radical (unpaired) electrons. The van der Waals surface area contributed by atoms with Gasteiger partial charge in [-0.1, -0.05) is 36.4 Å². The number of carbonyl (C=O) groups is 3. The van der Waals surface area contributed by atoms with Gasteiger partial charge in [-0.2, -0.15) is 4.37 Å². The van der Waals surface area contributed by atoms with Crippen LogP contribution in [0.4, 0.5) is 5.69 Å². The number of phenols is 1. The Hall–Kier alpha value is -3.96. The van der Waals surface area contributed by atoms with Gasteiger partial charge < -0.3 is 31.5 Å². The summed E-state index contributed by atoms with van der Waals surface area (Å²) in [5, 5.41) is 12.8. The van der Waals surface area contributed by atoms with Gasteiger partial charge in [-0.25, -0.2) is 0 Å². The number of nitrogen functional groups attached to an aromatic ring is 1. The number of nitrogens with one attached hydrogen (secondary N) is 1. The molecule has 3 aromatic rings. The Labute approximate surface area is 224 Å². The van der Waals surface area contributed by atoms with Gasteiger partial charge in [-0.15, -0.1) is 0 Å². The largest absolute Gasteiger partial charge is 0.508 e. The number of rotatable bonds is 10. The van der Waals surface area contributed by atoms with Crippen LogP contribution in [0, 0.1) is 6.92 Å². The van der Waals surface area contributed by atoms with Gasteiger partial charge in [0.1, 0.15) is 16.7 Å². The van der Waals surface area contributed by atoms with Gasteiger partial charge in [0.2, 0.25) is 5.91 Å². The standard InChI is InChI=1S/C27H31N5O5S/c1-16-5-2-3-6-17(16)12-13-32(27(36)24-21(28)22(25(29)34)31-38-24)23(18-8-10-19(33)11-9-18)26(35)30-15-20-7-4-14-37-20/h2-3,5-6,8-11,20,23,33H,4,7,12-15,28H2,1H3,(H2,29,34)(H,30,35). The average molecular weight is 538 g/mol. The van der Waals surface area contributed by atoms with E-state index in [1.807, 2.05) is 31.2 Å². The van der Waals surface area contributed by atoms with E-state index in [1.54, 1.807) is 12.1 Å². The fraction of sp³-hybridized carbons (Fsp3) is 0.333. The highest BCUT2D eigenvalue weighted by Crippen LogP contribution is 2.30. The highest BCUT2D eigenvalue weighted by Gasteiger charge is 2.35. The minimum absolute atomic E-state index is 0.0271. The first-order valence-corrected chi connectivity index (χ1v) is 13.1. The molecule has 0 saturated carbocycles. The van der Waals surface area contributed by atoms with Crippen molar-refractivity contribution in [3.63, 3.8) is 0 Å². The van der Waals surface area contributed by atoms with E-state index < -0.39 is 23.8 Å². The number of amides is 3. The number of hydrogen-bond donors (Lipinski definition) is 4. The lowest BCUT2D eigenvalue weighted by Gasteiger charge is -2.32. The van der Waals surface area contributed by atoms with E-state index in [4.69, 9.17) is 16.2 Å². The molecule has 1 aromatic heterocycles. The number of primary amides is 1. The molecule has 4 rings (SSSR count). The van der Waals surface area contributed by atoms with Gasteiger partial charge in [0.15, 0.2) is 5.69 Å². The molecular formula is C27H31N5O5S. The molecule has 1 aliphatic rings. The van der Waals surface area contributed by atoms with Gasteiger partial charge in [-0.3, -0.25) is 14.4 Å². The number of nitrogens with two attached hydrogens (primary N) is 2. The predicted octanol–water partition coefficient (Wildman–Crippen LogP) is 2.56. The minimum atomic E-state index is -1.05. The summed E-state index contributed by atoms with van der Waals surface area (Å²) >= 11 is 0.768. The van der Waals surface area contributed by atoms with Crippen LogP contribution in [0.5, 0.6) is 5.75 Å². The Morgan fingerprint density at radius 3 is 2.58 bits per heavy atom. The molecule has 1 fully saturated rings. The summed E-state index contributed by atoms with van der Waals surface area (Å²) in [6.45, 7) is 3.11.